The van der Waals surface area contributed by atoms with Gasteiger partial charge in [0.15, 0.2) is 0 Å². The fraction of sp³-hybridized carbons (Fsp3) is 0.667. The van der Waals surface area contributed by atoms with Crippen molar-refractivity contribution in [3.05, 3.63) is 11.8 Å². The number of halogens is 1. The van der Waals surface area contributed by atoms with Gasteiger partial charge in [-0.15, -0.1) is 11.6 Å². The zero-order valence-corrected chi connectivity index (χ0v) is 6.77. The maximum Gasteiger partial charge on any atom is 0.0644 e. The minimum atomic E-state index is 0.487. The average molecular weight is 150 g/mol. The van der Waals surface area contributed by atoms with Crippen LogP contribution < -0.4 is 0 Å². The van der Waals surface area contributed by atoms with Gasteiger partial charge in [-0.2, -0.15) is 0 Å². The lowest BCUT2D eigenvalue weighted by atomic mass is 10.4. The summed E-state index contributed by atoms with van der Waals surface area (Å²) < 4.78 is 0. The highest BCUT2D eigenvalue weighted by Gasteiger charge is 1.97. The first-order valence-electron chi connectivity index (χ1n) is 2.75. The molecule has 3 heteroatoms. The van der Waals surface area contributed by atoms with Crippen molar-refractivity contribution in [1.82, 2.24) is 5.06 Å². The first kappa shape index (κ1) is 8.79. The van der Waals surface area contributed by atoms with Crippen LogP contribution in [0.1, 0.15) is 6.92 Å². The first-order valence-corrected chi connectivity index (χ1v) is 3.28. The van der Waals surface area contributed by atoms with E-state index in [9.17, 15) is 0 Å². The van der Waals surface area contributed by atoms with Crippen molar-refractivity contribution in [2.45, 2.75) is 6.92 Å². The Balaban J connectivity index is 3.80. The van der Waals surface area contributed by atoms with E-state index < -0.39 is 0 Å². The summed E-state index contributed by atoms with van der Waals surface area (Å²) in [6.07, 6.45) is 1.91. The largest absolute Gasteiger partial charge is 0.277 e. The lowest BCUT2D eigenvalue weighted by Crippen LogP contribution is -2.16. The third kappa shape index (κ3) is 2.72. The summed E-state index contributed by atoms with van der Waals surface area (Å²) in [6, 6.07) is 0. The van der Waals surface area contributed by atoms with Crippen molar-refractivity contribution in [1.29, 1.82) is 0 Å². The monoisotopic (exact) mass is 149 g/mol. The minimum absolute atomic E-state index is 0.487. The van der Waals surface area contributed by atoms with Gasteiger partial charge in [0.1, 0.15) is 0 Å². The van der Waals surface area contributed by atoms with Crippen LogP contribution in [0.15, 0.2) is 11.8 Å². The Morgan fingerprint density at radius 1 is 1.78 bits per heavy atom. The van der Waals surface area contributed by atoms with Crippen LogP contribution in [0, 0.1) is 0 Å². The molecule has 0 N–H and O–H groups in total. The fourth-order valence-electron chi connectivity index (χ4n) is 0.460. The molecule has 0 aromatic rings. The van der Waals surface area contributed by atoms with Gasteiger partial charge in [0.2, 0.25) is 0 Å². The van der Waals surface area contributed by atoms with E-state index in [2.05, 4.69) is 0 Å². The van der Waals surface area contributed by atoms with E-state index in [1.807, 2.05) is 20.0 Å². The summed E-state index contributed by atoms with van der Waals surface area (Å²) in [4.78, 5) is 4.87. The molecular weight excluding hydrogens is 138 g/mol. The Bertz CT molecular complexity index is 103. The maximum absolute atomic E-state index is 5.55. The highest BCUT2D eigenvalue weighted by Crippen LogP contribution is 2.02. The van der Waals surface area contributed by atoms with E-state index in [0.717, 1.165) is 5.70 Å². The third-order valence-electron chi connectivity index (χ3n) is 1.15. The normalized spacial score (nSPS) is 11.8. The Morgan fingerprint density at radius 3 is 2.44 bits per heavy atom. The molecule has 0 fully saturated rings. The van der Waals surface area contributed by atoms with Crippen LogP contribution in [-0.2, 0) is 4.84 Å². The Kier molecular flexibility index (Phi) is 4.54. The van der Waals surface area contributed by atoms with Gasteiger partial charge in [0.25, 0.3) is 0 Å². The molecule has 0 bridgehead atoms. The van der Waals surface area contributed by atoms with E-state index in [1.54, 1.807) is 12.2 Å². The second-order valence-corrected chi connectivity index (χ2v) is 1.86. The number of alkyl halides is 1. The Labute approximate surface area is 61.0 Å². The molecule has 0 saturated heterocycles. The summed E-state index contributed by atoms with van der Waals surface area (Å²) in [5.74, 6) is 0.487. The maximum atomic E-state index is 5.55. The molecule has 0 atom stereocenters. The second-order valence-electron chi connectivity index (χ2n) is 1.59. The highest BCUT2D eigenvalue weighted by atomic mass is 35.5. The molecule has 0 aliphatic heterocycles. The molecule has 0 aromatic carbocycles. The highest BCUT2D eigenvalue weighted by molar-refractivity contribution is 6.19. The quantitative estimate of drug-likeness (QED) is 0.447. The predicted molar refractivity (Wildman–Crippen MR) is 39.2 cm³/mol. The Morgan fingerprint density at radius 2 is 2.33 bits per heavy atom. The smallest absolute Gasteiger partial charge is 0.0644 e. The van der Waals surface area contributed by atoms with Crippen molar-refractivity contribution in [3.63, 3.8) is 0 Å². The molecule has 2 nitrogen and oxygen atoms in total. The molecule has 0 aliphatic carbocycles. The predicted octanol–water partition coefficient (Wildman–Crippen LogP) is 1.62. The van der Waals surface area contributed by atoms with Crippen LogP contribution in [0.25, 0.3) is 0 Å². The average Bonchev–Trinajstić information content (AvgIpc) is 1.90. The van der Waals surface area contributed by atoms with E-state index in [1.165, 1.54) is 0 Å². The molecule has 9 heavy (non-hydrogen) atoms. The van der Waals surface area contributed by atoms with Gasteiger partial charge in [0, 0.05) is 7.05 Å². The molecule has 0 amide bonds. The van der Waals surface area contributed by atoms with Crippen molar-refractivity contribution < 1.29 is 4.84 Å². The van der Waals surface area contributed by atoms with Crippen molar-refractivity contribution in [2.24, 2.45) is 0 Å². The zero-order chi connectivity index (χ0) is 7.28. The number of rotatable bonds is 3. The second kappa shape index (κ2) is 4.65. The zero-order valence-electron chi connectivity index (χ0n) is 6.02. The summed E-state index contributed by atoms with van der Waals surface area (Å²) in [5, 5.41) is 1.63. The van der Waals surface area contributed by atoms with Crippen molar-refractivity contribution in [3.8, 4) is 0 Å². The first-order chi connectivity index (χ1) is 4.26. The fourth-order valence-corrected chi connectivity index (χ4v) is 0.783. The standard InChI is InChI=1S/C6H12ClNO/c1-4-6(5-7)8(2)9-3/h4H,5H2,1-3H3. The van der Waals surface area contributed by atoms with Gasteiger partial charge >= 0.3 is 0 Å². The van der Waals surface area contributed by atoms with Crippen LogP contribution in [0.5, 0.6) is 0 Å². The van der Waals surface area contributed by atoms with Gasteiger partial charge in [-0.25, -0.2) is 0 Å². The van der Waals surface area contributed by atoms with Gasteiger partial charge in [-0.3, -0.25) is 9.90 Å². The number of allylic oxidation sites excluding steroid dienone is 2. The summed E-state index contributed by atoms with van der Waals surface area (Å²) in [7, 11) is 3.42. The topological polar surface area (TPSA) is 12.5 Å². The molecule has 0 aliphatic rings. The van der Waals surface area contributed by atoms with E-state index in [4.69, 9.17) is 16.4 Å². The lowest BCUT2D eigenvalue weighted by molar-refractivity contribution is -0.0766. The van der Waals surface area contributed by atoms with Gasteiger partial charge < -0.3 is 0 Å². The van der Waals surface area contributed by atoms with Gasteiger partial charge in [-0.1, -0.05) is 6.08 Å². The SMILES string of the molecule is CC=C(CCl)N(C)OC. The number of hydroxylamine groups is 2. The minimum Gasteiger partial charge on any atom is -0.277 e. The molecule has 0 heterocycles. The van der Waals surface area contributed by atoms with Crippen LogP contribution in [0.3, 0.4) is 0 Å². The van der Waals surface area contributed by atoms with Gasteiger partial charge in [-0.05, 0) is 6.92 Å². The van der Waals surface area contributed by atoms with Crippen molar-refractivity contribution >= 4 is 11.6 Å². The number of nitrogens with zero attached hydrogens (tertiary/aromatic N) is 1. The molecule has 0 spiro atoms. The molecule has 0 radical (unpaired) electrons. The Hall–Kier alpha value is -0.210. The summed E-state index contributed by atoms with van der Waals surface area (Å²) in [5.41, 5.74) is 0.971. The molecule has 0 unspecified atom stereocenters. The van der Waals surface area contributed by atoms with Crippen LogP contribution in [0.2, 0.25) is 0 Å². The number of hydrogen-bond acceptors (Lipinski definition) is 2. The van der Waals surface area contributed by atoms with Crippen LogP contribution in [-0.4, -0.2) is 25.1 Å². The van der Waals surface area contributed by atoms with Crippen LogP contribution >= 0.6 is 11.6 Å². The lowest BCUT2D eigenvalue weighted by Gasteiger charge is -2.16. The van der Waals surface area contributed by atoms with E-state index in [-0.39, 0.29) is 0 Å². The van der Waals surface area contributed by atoms with Crippen molar-refractivity contribution in [2.75, 3.05) is 20.0 Å². The molecule has 0 saturated carbocycles. The van der Waals surface area contributed by atoms with E-state index >= 15 is 0 Å². The van der Waals surface area contributed by atoms with Gasteiger partial charge in [0.05, 0.1) is 18.7 Å². The summed E-state index contributed by atoms with van der Waals surface area (Å²) in [6.45, 7) is 1.92. The third-order valence-corrected chi connectivity index (χ3v) is 1.42. The molecular formula is C6H12ClNO. The van der Waals surface area contributed by atoms with E-state index in [0.29, 0.717) is 5.88 Å². The van der Waals surface area contributed by atoms with Crippen LogP contribution in [0.4, 0.5) is 0 Å². The molecule has 0 aromatic heterocycles. The number of hydrogen-bond donors (Lipinski definition) is 0. The molecule has 0 rings (SSSR count). The molecule has 54 valence electrons. The summed E-state index contributed by atoms with van der Waals surface area (Å²) >= 11 is 5.55.